The molecule has 1 saturated heterocycles. The summed E-state index contributed by atoms with van der Waals surface area (Å²) >= 11 is 0. The molecule has 2 aromatic rings. The second-order valence-electron chi connectivity index (χ2n) is 7.24. The Morgan fingerprint density at radius 1 is 1.42 bits per heavy atom. The van der Waals surface area contributed by atoms with Crippen LogP contribution in [0.3, 0.4) is 0 Å². The summed E-state index contributed by atoms with van der Waals surface area (Å²) in [6.07, 6.45) is 8.18. The molecule has 5 heteroatoms. The molecule has 2 bridgehead atoms. The van der Waals surface area contributed by atoms with Crippen molar-refractivity contribution in [1.29, 1.82) is 0 Å². The SMILES string of the molecule is Cn1cnc(C(=O)NC(c2ccccc2)C23CCCC(CN2)C3)c1. The predicted octanol–water partition coefficient (Wildman–Crippen LogP) is 2.42. The minimum atomic E-state index is -0.102. The van der Waals surface area contributed by atoms with Crippen molar-refractivity contribution >= 4 is 5.91 Å². The zero-order valence-corrected chi connectivity index (χ0v) is 14.0. The number of rotatable bonds is 4. The third kappa shape index (κ3) is 2.73. The number of fused-ring (bicyclic) bond motifs is 2. The Morgan fingerprint density at radius 3 is 3.00 bits per heavy atom. The minimum Gasteiger partial charge on any atom is -0.342 e. The van der Waals surface area contributed by atoms with Gasteiger partial charge >= 0.3 is 0 Å². The first kappa shape index (κ1) is 15.4. The van der Waals surface area contributed by atoms with Gasteiger partial charge in [0, 0.05) is 18.8 Å². The lowest BCUT2D eigenvalue weighted by Crippen LogP contribution is -2.52. The van der Waals surface area contributed by atoms with Gasteiger partial charge in [0.2, 0.25) is 0 Å². The van der Waals surface area contributed by atoms with Crippen LogP contribution in [0.15, 0.2) is 42.9 Å². The molecular weight excluding hydrogens is 300 g/mol. The molecule has 1 aliphatic carbocycles. The second kappa shape index (κ2) is 6.06. The Kier molecular flexibility index (Phi) is 3.88. The number of imidazole rings is 1. The molecule has 0 spiro atoms. The maximum Gasteiger partial charge on any atom is 0.272 e. The van der Waals surface area contributed by atoms with E-state index in [-0.39, 0.29) is 17.5 Å². The molecule has 4 rings (SSSR count). The molecule has 2 fully saturated rings. The topological polar surface area (TPSA) is 59.0 Å². The molecule has 2 heterocycles. The normalized spacial score (nSPS) is 27.0. The van der Waals surface area contributed by atoms with Gasteiger partial charge in [0.05, 0.1) is 12.4 Å². The molecule has 24 heavy (non-hydrogen) atoms. The van der Waals surface area contributed by atoms with Crippen molar-refractivity contribution in [3.63, 3.8) is 0 Å². The number of nitrogens with one attached hydrogen (secondary N) is 2. The molecule has 1 aliphatic heterocycles. The third-order valence-corrected chi connectivity index (χ3v) is 5.53. The summed E-state index contributed by atoms with van der Waals surface area (Å²) in [6, 6.07) is 10.3. The highest BCUT2D eigenvalue weighted by molar-refractivity contribution is 5.92. The zero-order chi connectivity index (χ0) is 16.6. The molecule has 126 valence electrons. The summed E-state index contributed by atoms with van der Waals surface area (Å²) in [4.78, 5) is 16.9. The van der Waals surface area contributed by atoms with Gasteiger partial charge < -0.3 is 15.2 Å². The average Bonchev–Trinajstić information content (AvgIpc) is 3.17. The van der Waals surface area contributed by atoms with Gasteiger partial charge in [0.15, 0.2) is 0 Å². The van der Waals surface area contributed by atoms with Gasteiger partial charge in [-0.2, -0.15) is 0 Å². The Balaban J connectivity index is 1.65. The van der Waals surface area contributed by atoms with Crippen LogP contribution < -0.4 is 10.6 Å². The Labute approximate surface area is 142 Å². The van der Waals surface area contributed by atoms with Crippen molar-refractivity contribution < 1.29 is 4.79 Å². The van der Waals surface area contributed by atoms with Crippen LogP contribution in [0.5, 0.6) is 0 Å². The van der Waals surface area contributed by atoms with Crippen LogP contribution >= 0.6 is 0 Å². The van der Waals surface area contributed by atoms with E-state index in [1.54, 1.807) is 17.1 Å². The van der Waals surface area contributed by atoms with E-state index in [4.69, 9.17) is 0 Å². The van der Waals surface area contributed by atoms with E-state index in [0.29, 0.717) is 5.69 Å². The van der Waals surface area contributed by atoms with E-state index < -0.39 is 0 Å². The van der Waals surface area contributed by atoms with E-state index in [1.165, 1.54) is 12.8 Å². The van der Waals surface area contributed by atoms with Crippen LogP contribution in [-0.4, -0.2) is 27.5 Å². The Hall–Kier alpha value is -2.14. The largest absolute Gasteiger partial charge is 0.342 e. The summed E-state index contributed by atoms with van der Waals surface area (Å²) in [7, 11) is 1.88. The van der Waals surface area contributed by atoms with Crippen molar-refractivity contribution in [3.05, 3.63) is 54.1 Å². The van der Waals surface area contributed by atoms with Crippen LogP contribution in [0, 0.1) is 5.92 Å². The lowest BCUT2D eigenvalue weighted by atomic mass is 9.73. The monoisotopic (exact) mass is 324 g/mol. The molecule has 3 atom stereocenters. The molecule has 2 N–H and O–H groups in total. The van der Waals surface area contributed by atoms with Crippen LogP contribution in [-0.2, 0) is 7.05 Å². The van der Waals surface area contributed by atoms with Crippen LogP contribution in [0.25, 0.3) is 0 Å². The summed E-state index contributed by atoms with van der Waals surface area (Å²) in [5, 5.41) is 7.03. The molecule has 1 aromatic carbocycles. The summed E-state index contributed by atoms with van der Waals surface area (Å²) in [5.74, 6) is 0.631. The van der Waals surface area contributed by atoms with E-state index >= 15 is 0 Å². The molecule has 2 aliphatic rings. The van der Waals surface area contributed by atoms with Crippen LogP contribution in [0.4, 0.5) is 0 Å². The number of carbonyl (C=O) groups is 1. The lowest BCUT2D eigenvalue weighted by Gasteiger charge is -2.41. The summed E-state index contributed by atoms with van der Waals surface area (Å²) in [5.41, 5.74) is 1.60. The average molecular weight is 324 g/mol. The van der Waals surface area contributed by atoms with Gasteiger partial charge in [-0.1, -0.05) is 36.8 Å². The third-order valence-electron chi connectivity index (χ3n) is 5.53. The number of benzene rings is 1. The maximum absolute atomic E-state index is 12.7. The Bertz CT molecular complexity index is 722. The van der Waals surface area contributed by atoms with Gasteiger partial charge in [-0.25, -0.2) is 4.98 Å². The second-order valence-corrected chi connectivity index (χ2v) is 7.24. The van der Waals surface area contributed by atoms with Gasteiger partial charge in [0.25, 0.3) is 5.91 Å². The summed E-state index contributed by atoms with van der Waals surface area (Å²) < 4.78 is 1.80. The standard InChI is InChI=1S/C19H24N4O/c1-23-12-16(20-13-23)18(24)22-17(15-7-3-2-4-8-15)19-9-5-6-14(10-19)11-21-19/h2-4,7-8,12-14,17,21H,5-6,9-11H2,1H3,(H,22,24). The van der Waals surface area contributed by atoms with Gasteiger partial charge in [-0.05, 0) is 37.3 Å². The molecule has 1 saturated carbocycles. The van der Waals surface area contributed by atoms with Crippen molar-refractivity contribution in [3.8, 4) is 0 Å². The van der Waals surface area contributed by atoms with Crippen LogP contribution in [0.2, 0.25) is 0 Å². The molecule has 0 radical (unpaired) electrons. The fraction of sp³-hybridized carbons (Fsp3) is 0.474. The Morgan fingerprint density at radius 2 is 2.25 bits per heavy atom. The van der Waals surface area contributed by atoms with Gasteiger partial charge in [-0.3, -0.25) is 4.79 Å². The lowest BCUT2D eigenvalue weighted by molar-refractivity contribution is 0.0888. The summed E-state index contributed by atoms with van der Waals surface area (Å²) in [6.45, 7) is 1.06. The molecule has 3 unspecified atom stereocenters. The van der Waals surface area contributed by atoms with Gasteiger partial charge in [0.1, 0.15) is 5.69 Å². The number of nitrogens with zero attached hydrogens (tertiary/aromatic N) is 2. The molecule has 1 amide bonds. The minimum absolute atomic E-state index is 0.0292. The van der Waals surface area contributed by atoms with Crippen molar-refractivity contribution in [2.24, 2.45) is 13.0 Å². The van der Waals surface area contributed by atoms with E-state index in [1.807, 2.05) is 25.2 Å². The smallest absolute Gasteiger partial charge is 0.272 e. The first-order valence-corrected chi connectivity index (χ1v) is 8.75. The van der Waals surface area contributed by atoms with Crippen molar-refractivity contribution in [2.45, 2.75) is 37.3 Å². The number of carbonyl (C=O) groups excluding carboxylic acids is 1. The fourth-order valence-corrected chi connectivity index (χ4v) is 4.39. The quantitative estimate of drug-likeness (QED) is 0.908. The van der Waals surface area contributed by atoms with Crippen molar-refractivity contribution in [1.82, 2.24) is 20.2 Å². The number of amides is 1. The highest BCUT2D eigenvalue weighted by Crippen LogP contribution is 2.44. The van der Waals surface area contributed by atoms with E-state index in [2.05, 4.69) is 27.8 Å². The fourth-order valence-electron chi connectivity index (χ4n) is 4.39. The van der Waals surface area contributed by atoms with E-state index in [0.717, 1.165) is 30.9 Å². The number of hydrogen-bond acceptors (Lipinski definition) is 3. The maximum atomic E-state index is 12.7. The molecule has 5 nitrogen and oxygen atoms in total. The van der Waals surface area contributed by atoms with Gasteiger partial charge in [-0.15, -0.1) is 0 Å². The van der Waals surface area contributed by atoms with Crippen molar-refractivity contribution in [2.75, 3.05) is 6.54 Å². The first-order valence-electron chi connectivity index (χ1n) is 8.75. The predicted molar refractivity (Wildman–Crippen MR) is 92.5 cm³/mol. The highest BCUT2D eigenvalue weighted by Gasteiger charge is 2.48. The number of hydrogen-bond donors (Lipinski definition) is 2. The highest BCUT2D eigenvalue weighted by atomic mass is 16.2. The van der Waals surface area contributed by atoms with E-state index in [9.17, 15) is 4.79 Å². The zero-order valence-electron chi connectivity index (χ0n) is 14.0. The molecule has 1 aromatic heterocycles. The number of aromatic nitrogens is 2. The number of aryl methyl sites for hydroxylation is 1. The molecular formula is C19H24N4O. The van der Waals surface area contributed by atoms with Crippen LogP contribution in [0.1, 0.15) is 47.8 Å². The first-order chi connectivity index (χ1) is 11.7.